The zero-order valence-electron chi connectivity index (χ0n) is 14.7. The smallest absolute Gasteiger partial charge is 0.227 e. The van der Waals surface area contributed by atoms with Crippen molar-refractivity contribution >= 4 is 11.8 Å². The van der Waals surface area contributed by atoms with Gasteiger partial charge in [0, 0.05) is 26.2 Å². The summed E-state index contributed by atoms with van der Waals surface area (Å²) in [7, 11) is 0. The normalized spacial score (nSPS) is 14.8. The van der Waals surface area contributed by atoms with E-state index in [1.165, 1.54) is 12.1 Å². The van der Waals surface area contributed by atoms with Crippen molar-refractivity contribution in [3.05, 3.63) is 71.5 Å². The summed E-state index contributed by atoms with van der Waals surface area (Å²) in [5, 5.41) is 0. The minimum Gasteiger partial charge on any atom is -0.341 e. The molecule has 1 saturated heterocycles. The van der Waals surface area contributed by atoms with Gasteiger partial charge in [0.25, 0.3) is 0 Å². The summed E-state index contributed by atoms with van der Waals surface area (Å²) in [6, 6.07) is 15.8. The number of halogens is 1. The molecule has 1 aliphatic rings. The summed E-state index contributed by atoms with van der Waals surface area (Å²) in [6.45, 7) is 2.36. The maximum atomic E-state index is 13.3. The molecular formula is C21H23FN2O2. The summed E-state index contributed by atoms with van der Waals surface area (Å²) in [6.07, 6.45) is 1.34. The molecule has 3 rings (SSSR count). The average molecular weight is 354 g/mol. The fourth-order valence-corrected chi connectivity index (χ4v) is 3.23. The van der Waals surface area contributed by atoms with E-state index in [2.05, 4.69) is 0 Å². The Morgan fingerprint density at radius 3 is 1.96 bits per heavy atom. The Morgan fingerprint density at radius 2 is 1.35 bits per heavy atom. The lowest BCUT2D eigenvalue weighted by Crippen LogP contribution is -2.38. The number of hydrogen-bond donors (Lipinski definition) is 0. The molecule has 0 aromatic heterocycles. The summed E-state index contributed by atoms with van der Waals surface area (Å²) >= 11 is 0. The SMILES string of the molecule is O=C(Cc1ccccc1)N1CCCN(C(=O)Cc2cccc(F)c2)CC1. The zero-order valence-corrected chi connectivity index (χ0v) is 14.7. The Balaban J connectivity index is 1.54. The molecule has 2 aromatic carbocycles. The lowest BCUT2D eigenvalue weighted by molar-refractivity contribution is -0.132. The van der Waals surface area contributed by atoms with Gasteiger partial charge in [0.2, 0.25) is 11.8 Å². The lowest BCUT2D eigenvalue weighted by Gasteiger charge is -2.22. The molecule has 2 aromatic rings. The van der Waals surface area contributed by atoms with E-state index >= 15 is 0 Å². The van der Waals surface area contributed by atoms with E-state index in [1.807, 2.05) is 35.2 Å². The van der Waals surface area contributed by atoms with Gasteiger partial charge in [-0.05, 0) is 29.7 Å². The van der Waals surface area contributed by atoms with Crippen LogP contribution in [-0.2, 0) is 22.4 Å². The first-order valence-electron chi connectivity index (χ1n) is 8.96. The van der Waals surface area contributed by atoms with Crippen LogP contribution in [0.4, 0.5) is 4.39 Å². The molecule has 0 radical (unpaired) electrons. The molecule has 0 N–H and O–H groups in total. The first kappa shape index (κ1) is 18.1. The quantitative estimate of drug-likeness (QED) is 0.847. The van der Waals surface area contributed by atoms with Crippen molar-refractivity contribution < 1.29 is 14.0 Å². The maximum Gasteiger partial charge on any atom is 0.227 e. The predicted octanol–water partition coefficient (Wildman–Crippen LogP) is 2.67. The molecular weight excluding hydrogens is 331 g/mol. The Morgan fingerprint density at radius 1 is 0.769 bits per heavy atom. The van der Waals surface area contributed by atoms with E-state index in [9.17, 15) is 14.0 Å². The fraction of sp³-hybridized carbons (Fsp3) is 0.333. The Labute approximate surface area is 153 Å². The Hall–Kier alpha value is -2.69. The molecule has 0 unspecified atom stereocenters. The maximum absolute atomic E-state index is 13.3. The van der Waals surface area contributed by atoms with Gasteiger partial charge in [-0.3, -0.25) is 9.59 Å². The number of carbonyl (C=O) groups excluding carboxylic acids is 2. The molecule has 4 nitrogen and oxygen atoms in total. The lowest BCUT2D eigenvalue weighted by atomic mass is 10.1. The van der Waals surface area contributed by atoms with Crippen molar-refractivity contribution in [2.45, 2.75) is 19.3 Å². The van der Waals surface area contributed by atoms with Crippen molar-refractivity contribution in [2.75, 3.05) is 26.2 Å². The molecule has 1 fully saturated rings. The van der Waals surface area contributed by atoms with E-state index < -0.39 is 0 Å². The number of carbonyl (C=O) groups is 2. The molecule has 136 valence electrons. The van der Waals surface area contributed by atoms with Crippen molar-refractivity contribution in [2.24, 2.45) is 0 Å². The third-order valence-corrected chi connectivity index (χ3v) is 4.64. The van der Waals surface area contributed by atoms with Crippen molar-refractivity contribution in [3.63, 3.8) is 0 Å². The number of rotatable bonds is 4. The second-order valence-electron chi connectivity index (χ2n) is 6.58. The van der Waals surface area contributed by atoms with Crippen LogP contribution in [0.3, 0.4) is 0 Å². The van der Waals surface area contributed by atoms with Crippen LogP contribution >= 0.6 is 0 Å². The van der Waals surface area contributed by atoms with Gasteiger partial charge in [-0.25, -0.2) is 4.39 Å². The first-order valence-corrected chi connectivity index (χ1v) is 8.96. The summed E-state index contributed by atoms with van der Waals surface area (Å²) < 4.78 is 13.3. The van der Waals surface area contributed by atoms with Crippen LogP contribution in [0.2, 0.25) is 0 Å². The van der Waals surface area contributed by atoms with Gasteiger partial charge in [0.15, 0.2) is 0 Å². The summed E-state index contributed by atoms with van der Waals surface area (Å²) in [4.78, 5) is 28.6. The summed E-state index contributed by atoms with van der Waals surface area (Å²) in [5.74, 6) is -0.257. The Bertz CT molecular complexity index is 764. The predicted molar refractivity (Wildman–Crippen MR) is 98.0 cm³/mol. The standard InChI is InChI=1S/C21H23FN2O2/c22-19-9-4-8-18(14-19)16-21(26)24-11-5-10-23(12-13-24)20(25)15-17-6-2-1-3-7-17/h1-4,6-9,14H,5,10-13,15-16H2. The van der Waals surface area contributed by atoms with Crippen molar-refractivity contribution in [1.82, 2.24) is 9.80 Å². The van der Waals surface area contributed by atoms with Crippen LogP contribution in [0.25, 0.3) is 0 Å². The molecule has 1 heterocycles. The van der Waals surface area contributed by atoms with E-state index in [0.29, 0.717) is 38.2 Å². The fourth-order valence-electron chi connectivity index (χ4n) is 3.23. The van der Waals surface area contributed by atoms with E-state index in [0.717, 1.165) is 12.0 Å². The van der Waals surface area contributed by atoms with Gasteiger partial charge in [-0.1, -0.05) is 42.5 Å². The van der Waals surface area contributed by atoms with Crippen LogP contribution in [0.5, 0.6) is 0 Å². The van der Waals surface area contributed by atoms with Crippen molar-refractivity contribution in [1.29, 1.82) is 0 Å². The van der Waals surface area contributed by atoms with Gasteiger partial charge >= 0.3 is 0 Å². The summed E-state index contributed by atoms with van der Waals surface area (Å²) in [5.41, 5.74) is 1.68. The number of amides is 2. The highest BCUT2D eigenvalue weighted by Crippen LogP contribution is 2.11. The minimum atomic E-state index is -0.330. The van der Waals surface area contributed by atoms with Gasteiger partial charge < -0.3 is 9.80 Å². The zero-order chi connectivity index (χ0) is 18.4. The van der Waals surface area contributed by atoms with Crippen LogP contribution in [0, 0.1) is 5.82 Å². The highest BCUT2D eigenvalue weighted by molar-refractivity contribution is 5.80. The highest BCUT2D eigenvalue weighted by atomic mass is 19.1. The number of hydrogen-bond acceptors (Lipinski definition) is 2. The average Bonchev–Trinajstić information content (AvgIpc) is 2.89. The minimum absolute atomic E-state index is 0.0204. The second kappa shape index (κ2) is 8.61. The highest BCUT2D eigenvalue weighted by Gasteiger charge is 2.22. The van der Waals surface area contributed by atoms with E-state index in [4.69, 9.17) is 0 Å². The molecule has 26 heavy (non-hydrogen) atoms. The van der Waals surface area contributed by atoms with Crippen LogP contribution in [-0.4, -0.2) is 47.8 Å². The molecule has 2 amide bonds. The molecule has 1 aliphatic heterocycles. The van der Waals surface area contributed by atoms with Crippen LogP contribution in [0.15, 0.2) is 54.6 Å². The van der Waals surface area contributed by atoms with E-state index in [-0.39, 0.29) is 24.1 Å². The largest absolute Gasteiger partial charge is 0.341 e. The molecule has 0 bridgehead atoms. The van der Waals surface area contributed by atoms with Gasteiger partial charge in [0.1, 0.15) is 5.82 Å². The van der Waals surface area contributed by atoms with E-state index in [1.54, 1.807) is 17.0 Å². The molecule has 0 saturated carbocycles. The van der Waals surface area contributed by atoms with Crippen LogP contribution in [0.1, 0.15) is 17.5 Å². The Kier molecular flexibility index (Phi) is 6.00. The third-order valence-electron chi connectivity index (χ3n) is 4.64. The van der Waals surface area contributed by atoms with Gasteiger partial charge in [-0.15, -0.1) is 0 Å². The monoisotopic (exact) mass is 354 g/mol. The molecule has 0 atom stereocenters. The second-order valence-corrected chi connectivity index (χ2v) is 6.58. The molecule has 0 aliphatic carbocycles. The topological polar surface area (TPSA) is 40.6 Å². The number of benzene rings is 2. The first-order chi connectivity index (χ1) is 12.6. The van der Waals surface area contributed by atoms with Crippen LogP contribution < -0.4 is 0 Å². The van der Waals surface area contributed by atoms with Crippen molar-refractivity contribution in [3.8, 4) is 0 Å². The number of nitrogens with zero attached hydrogens (tertiary/aromatic N) is 2. The molecule has 0 spiro atoms. The van der Waals surface area contributed by atoms with Gasteiger partial charge in [-0.2, -0.15) is 0 Å². The van der Waals surface area contributed by atoms with Gasteiger partial charge in [0.05, 0.1) is 12.8 Å². The molecule has 5 heteroatoms. The third kappa shape index (κ3) is 4.91.